The summed E-state index contributed by atoms with van der Waals surface area (Å²) >= 11 is 0. The summed E-state index contributed by atoms with van der Waals surface area (Å²) in [6.07, 6.45) is 2.14. The summed E-state index contributed by atoms with van der Waals surface area (Å²) in [5.74, 6) is 0. The molecule has 0 N–H and O–H groups in total. The van der Waals surface area contributed by atoms with Gasteiger partial charge in [-0.05, 0) is 43.9 Å². The van der Waals surface area contributed by atoms with Crippen molar-refractivity contribution in [3.8, 4) is 0 Å². The van der Waals surface area contributed by atoms with Crippen LogP contribution < -0.4 is 0 Å². The first kappa shape index (κ1) is 12.2. The highest BCUT2D eigenvalue weighted by atomic mass is 15.3. The number of fused-ring (bicyclic) bond motifs is 1. The Hall–Kier alpha value is -1.31. The number of benzene rings is 1. The molecule has 17 heavy (non-hydrogen) atoms. The number of nitrogens with zero attached hydrogens (tertiary/aromatic N) is 2. The van der Waals surface area contributed by atoms with Crippen molar-refractivity contribution in [3.63, 3.8) is 0 Å². The lowest BCUT2D eigenvalue weighted by atomic mass is 9.86. The van der Waals surface area contributed by atoms with Gasteiger partial charge in [0.25, 0.3) is 0 Å². The Morgan fingerprint density at radius 3 is 2.18 bits per heavy atom. The van der Waals surface area contributed by atoms with Crippen LogP contribution in [-0.2, 0) is 11.0 Å². The lowest BCUT2D eigenvalue weighted by Gasteiger charge is -2.18. The molecule has 2 heteroatoms. The molecular formula is C15H22N2. The maximum Gasteiger partial charge on any atom is 0.0923 e. The summed E-state index contributed by atoms with van der Waals surface area (Å²) in [5, 5.41) is 5.85. The van der Waals surface area contributed by atoms with Gasteiger partial charge < -0.3 is 0 Å². The summed E-state index contributed by atoms with van der Waals surface area (Å²) < 4.78 is 2.05. The summed E-state index contributed by atoms with van der Waals surface area (Å²) in [4.78, 5) is 0. The molecule has 0 aliphatic heterocycles. The molecule has 0 atom stereocenters. The van der Waals surface area contributed by atoms with Crippen molar-refractivity contribution in [2.45, 2.75) is 52.5 Å². The third kappa shape index (κ3) is 2.36. The fourth-order valence-corrected chi connectivity index (χ4v) is 1.84. The van der Waals surface area contributed by atoms with E-state index in [1.54, 1.807) is 0 Å². The van der Waals surface area contributed by atoms with Gasteiger partial charge in [-0.15, -0.1) is 0 Å². The van der Waals surface area contributed by atoms with Gasteiger partial charge in [0, 0.05) is 11.6 Å². The molecule has 1 heterocycles. The molecule has 0 aliphatic carbocycles. The Morgan fingerprint density at radius 2 is 1.65 bits per heavy atom. The van der Waals surface area contributed by atoms with Gasteiger partial charge in [-0.1, -0.05) is 26.8 Å². The van der Waals surface area contributed by atoms with Crippen molar-refractivity contribution >= 4 is 10.9 Å². The third-order valence-corrected chi connectivity index (χ3v) is 3.06. The van der Waals surface area contributed by atoms with Gasteiger partial charge >= 0.3 is 0 Å². The van der Waals surface area contributed by atoms with E-state index >= 15 is 0 Å². The van der Waals surface area contributed by atoms with Crippen molar-refractivity contribution < 1.29 is 0 Å². The highest BCUT2D eigenvalue weighted by molar-refractivity contribution is 5.79. The first-order valence-corrected chi connectivity index (χ1v) is 6.18. The molecular weight excluding hydrogens is 208 g/mol. The predicted octanol–water partition coefficient (Wildman–Crippen LogP) is 4.09. The van der Waals surface area contributed by atoms with E-state index in [1.807, 2.05) is 4.68 Å². The van der Waals surface area contributed by atoms with Gasteiger partial charge in [0.15, 0.2) is 0 Å². The van der Waals surface area contributed by atoms with Crippen LogP contribution in [0.4, 0.5) is 0 Å². The molecule has 0 amide bonds. The fourth-order valence-electron chi connectivity index (χ4n) is 1.84. The van der Waals surface area contributed by atoms with E-state index in [0.717, 1.165) is 5.52 Å². The first-order chi connectivity index (χ1) is 7.68. The van der Waals surface area contributed by atoms with Crippen molar-refractivity contribution in [1.29, 1.82) is 0 Å². The Balaban J connectivity index is 2.56. The smallest absolute Gasteiger partial charge is 0.0923 e. The Morgan fingerprint density at radius 1 is 1.00 bits per heavy atom. The van der Waals surface area contributed by atoms with Gasteiger partial charge in [-0.2, -0.15) is 5.10 Å². The fraction of sp³-hybridized carbons (Fsp3) is 0.533. The minimum atomic E-state index is 0.0426. The van der Waals surface area contributed by atoms with Crippen molar-refractivity contribution in [3.05, 3.63) is 30.0 Å². The number of hydrogen-bond donors (Lipinski definition) is 0. The van der Waals surface area contributed by atoms with Gasteiger partial charge in [0.1, 0.15) is 0 Å². The molecule has 0 fully saturated rings. The van der Waals surface area contributed by atoms with E-state index in [2.05, 4.69) is 71.0 Å². The lowest BCUT2D eigenvalue weighted by Crippen LogP contribution is -2.21. The molecule has 0 saturated heterocycles. The molecule has 0 aliphatic rings. The van der Waals surface area contributed by atoms with E-state index in [9.17, 15) is 0 Å². The van der Waals surface area contributed by atoms with Crippen LogP contribution >= 0.6 is 0 Å². The van der Waals surface area contributed by atoms with Crippen molar-refractivity contribution in [2.75, 3.05) is 0 Å². The minimum Gasteiger partial charge on any atom is -0.266 e. The van der Waals surface area contributed by atoms with Crippen molar-refractivity contribution in [2.24, 2.45) is 0 Å². The van der Waals surface area contributed by atoms with Crippen LogP contribution in [0, 0.1) is 0 Å². The molecule has 1 aromatic heterocycles. The van der Waals surface area contributed by atoms with Crippen LogP contribution in [0.3, 0.4) is 0 Å². The second kappa shape index (κ2) is 3.59. The number of aromatic nitrogens is 2. The maximum absolute atomic E-state index is 4.62. The monoisotopic (exact) mass is 230 g/mol. The van der Waals surface area contributed by atoms with E-state index in [-0.39, 0.29) is 11.0 Å². The van der Waals surface area contributed by atoms with Crippen LogP contribution in [0.25, 0.3) is 10.9 Å². The summed E-state index contributed by atoms with van der Waals surface area (Å²) in [6, 6.07) is 6.56. The van der Waals surface area contributed by atoms with E-state index in [4.69, 9.17) is 0 Å². The Kier molecular flexibility index (Phi) is 2.57. The molecule has 0 saturated carbocycles. The first-order valence-electron chi connectivity index (χ1n) is 6.18. The van der Waals surface area contributed by atoms with Gasteiger partial charge in [0.05, 0.1) is 11.1 Å². The molecule has 92 valence electrons. The normalized spacial score (nSPS) is 13.3. The van der Waals surface area contributed by atoms with Gasteiger partial charge in [-0.25, -0.2) is 0 Å². The average molecular weight is 230 g/mol. The topological polar surface area (TPSA) is 17.8 Å². The highest BCUT2D eigenvalue weighted by Crippen LogP contribution is 2.26. The highest BCUT2D eigenvalue weighted by Gasteiger charge is 2.17. The van der Waals surface area contributed by atoms with E-state index in [0.29, 0.717) is 0 Å². The molecule has 0 radical (unpaired) electrons. The second-order valence-corrected chi connectivity index (χ2v) is 6.77. The number of rotatable bonds is 0. The molecule has 2 aromatic rings. The predicted molar refractivity (Wildman–Crippen MR) is 73.4 cm³/mol. The van der Waals surface area contributed by atoms with E-state index in [1.165, 1.54) is 10.9 Å². The molecule has 2 nitrogen and oxygen atoms in total. The SMILES string of the molecule is CC(C)(C)c1ccc2nn(C(C)(C)C)cc2c1. The third-order valence-electron chi connectivity index (χ3n) is 3.06. The molecule has 0 bridgehead atoms. The molecule has 0 spiro atoms. The molecule has 0 unspecified atom stereocenters. The van der Waals surface area contributed by atoms with Crippen molar-refractivity contribution in [1.82, 2.24) is 9.78 Å². The van der Waals surface area contributed by atoms with Gasteiger partial charge in [0.2, 0.25) is 0 Å². The minimum absolute atomic E-state index is 0.0426. The lowest BCUT2D eigenvalue weighted by molar-refractivity contribution is 0.358. The average Bonchev–Trinajstić information content (AvgIpc) is 2.57. The Labute approximate surface area is 104 Å². The van der Waals surface area contributed by atoms with E-state index < -0.39 is 0 Å². The Bertz CT molecular complexity index is 524. The number of hydrogen-bond acceptors (Lipinski definition) is 1. The zero-order valence-corrected chi connectivity index (χ0v) is 11.7. The van der Waals surface area contributed by atoms with Crippen LogP contribution in [0.5, 0.6) is 0 Å². The zero-order chi connectivity index (χ0) is 12.8. The molecule has 1 aromatic carbocycles. The van der Waals surface area contributed by atoms with Gasteiger partial charge in [-0.3, -0.25) is 4.68 Å². The molecule has 2 rings (SSSR count). The second-order valence-electron chi connectivity index (χ2n) is 6.77. The summed E-state index contributed by atoms with van der Waals surface area (Å²) in [5.41, 5.74) is 2.67. The maximum atomic E-state index is 4.62. The van der Waals surface area contributed by atoms with Crippen LogP contribution in [0.15, 0.2) is 24.4 Å². The summed E-state index contributed by atoms with van der Waals surface area (Å²) in [7, 11) is 0. The standard InChI is InChI=1S/C15H22N2/c1-14(2,3)12-7-8-13-11(9-12)10-17(16-13)15(4,5)6/h7-10H,1-6H3. The van der Waals surface area contributed by atoms with Crippen LogP contribution in [-0.4, -0.2) is 9.78 Å². The quantitative estimate of drug-likeness (QED) is 0.666. The van der Waals surface area contributed by atoms with Crippen LogP contribution in [0.1, 0.15) is 47.1 Å². The van der Waals surface area contributed by atoms with Crippen LogP contribution in [0.2, 0.25) is 0 Å². The summed E-state index contributed by atoms with van der Waals surface area (Å²) in [6.45, 7) is 13.2. The zero-order valence-electron chi connectivity index (χ0n) is 11.7. The largest absolute Gasteiger partial charge is 0.266 e.